The van der Waals surface area contributed by atoms with Crippen LogP contribution in [0.4, 0.5) is 0 Å². The summed E-state index contributed by atoms with van der Waals surface area (Å²) in [6.45, 7) is 4.44. The molecular weight excluding hydrogens is 242 g/mol. The number of nitrogens with one attached hydrogen (secondary N) is 1. The normalized spacial score (nSPS) is 10.6. The molecule has 0 bridgehead atoms. The summed E-state index contributed by atoms with van der Waals surface area (Å²) < 4.78 is 10.1. The van der Waals surface area contributed by atoms with E-state index in [1.807, 2.05) is 6.92 Å². The van der Waals surface area contributed by atoms with Crippen molar-refractivity contribution in [2.45, 2.75) is 26.9 Å². The molecule has 0 saturated carbocycles. The summed E-state index contributed by atoms with van der Waals surface area (Å²) in [5.74, 6) is 0.168. The highest BCUT2D eigenvalue weighted by molar-refractivity contribution is 6.18. The number of H-pyrrole nitrogens is 1. The standard InChI is InChI=1S/C12H18ClNO3/c1-4-17-12(15)11-10(7-16-3)9(5-6-13)8(2)14-11/h14H,4-7H2,1-3H3. The molecule has 17 heavy (non-hydrogen) atoms. The molecule has 1 heterocycles. The number of aromatic nitrogens is 1. The fourth-order valence-corrected chi connectivity index (χ4v) is 2.02. The maximum atomic E-state index is 11.8. The van der Waals surface area contributed by atoms with Gasteiger partial charge < -0.3 is 14.5 Å². The molecule has 0 radical (unpaired) electrons. The van der Waals surface area contributed by atoms with Crippen molar-refractivity contribution in [1.29, 1.82) is 0 Å². The maximum Gasteiger partial charge on any atom is 0.355 e. The summed E-state index contributed by atoms with van der Waals surface area (Å²) >= 11 is 5.76. The van der Waals surface area contributed by atoms with Crippen molar-refractivity contribution in [3.63, 3.8) is 0 Å². The number of ether oxygens (including phenoxy) is 2. The van der Waals surface area contributed by atoms with E-state index in [1.165, 1.54) is 0 Å². The number of halogens is 1. The van der Waals surface area contributed by atoms with Gasteiger partial charge in [0.1, 0.15) is 5.69 Å². The van der Waals surface area contributed by atoms with Crippen molar-refractivity contribution in [2.75, 3.05) is 19.6 Å². The lowest BCUT2D eigenvalue weighted by molar-refractivity contribution is 0.0515. The van der Waals surface area contributed by atoms with Crippen LogP contribution in [-0.2, 0) is 22.5 Å². The van der Waals surface area contributed by atoms with Crippen molar-refractivity contribution in [1.82, 2.24) is 4.98 Å². The van der Waals surface area contributed by atoms with Crippen LogP contribution in [0.5, 0.6) is 0 Å². The van der Waals surface area contributed by atoms with Gasteiger partial charge in [0.15, 0.2) is 0 Å². The van der Waals surface area contributed by atoms with Crippen LogP contribution < -0.4 is 0 Å². The summed E-state index contributed by atoms with van der Waals surface area (Å²) in [6, 6.07) is 0. The fourth-order valence-electron chi connectivity index (χ4n) is 1.83. The highest BCUT2D eigenvalue weighted by Gasteiger charge is 2.20. The zero-order valence-electron chi connectivity index (χ0n) is 10.4. The van der Waals surface area contributed by atoms with Crippen molar-refractivity contribution in [3.05, 3.63) is 22.5 Å². The van der Waals surface area contributed by atoms with Crippen LogP contribution >= 0.6 is 11.6 Å². The molecule has 96 valence electrons. The highest BCUT2D eigenvalue weighted by Crippen LogP contribution is 2.21. The molecule has 5 heteroatoms. The molecule has 0 atom stereocenters. The zero-order chi connectivity index (χ0) is 12.8. The van der Waals surface area contributed by atoms with Crippen molar-refractivity contribution < 1.29 is 14.3 Å². The van der Waals surface area contributed by atoms with Crippen molar-refractivity contribution in [3.8, 4) is 0 Å². The van der Waals surface area contributed by atoms with Gasteiger partial charge in [0.25, 0.3) is 0 Å². The molecule has 0 aromatic carbocycles. The predicted octanol–water partition coefficient (Wildman–Crippen LogP) is 2.43. The van der Waals surface area contributed by atoms with Crippen molar-refractivity contribution in [2.24, 2.45) is 0 Å². The molecule has 1 rings (SSSR count). The predicted molar refractivity (Wildman–Crippen MR) is 66.6 cm³/mol. The van der Waals surface area contributed by atoms with E-state index < -0.39 is 0 Å². The molecular formula is C12H18ClNO3. The third kappa shape index (κ3) is 3.23. The lowest BCUT2D eigenvalue weighted by atomic mass is 10.1. The number of hydrogen-bond acceptors (Lipinski definition) is 3. The Kier molecular flexibility index (Phi) is 5.51. The molecule has 0 unspecified atom stereocenters. The van der Waals surface area contributed by atoms with Crippen LogP contribution in [0, 0.1) is 6.92 Å². The van der Waals surface area contributed by atoms with E-state index >= 15 is 0 Å². The van der Waals surface area contributed by atoms with Crippen LogP contribution in [-0.4, -0.2) is 30.5 Å². The third-order valence-corrected chi connectivity index (χ3v) is 2.73. The van der Waals surface area contributed by atoms with E-state index in [2.05, 4.69) is 4.98 Å². The minimum absolute atomic E-state index is 0.344. The highest BCUT2D eigenvalue weighted by atomic mass is 35.5. The molecule has 1 N–H and O–H groups in total. The fraction of sp³-hybridized carbons (Fsp3) is 0.583. The Morgan fingerprint density at radius 2 is 2.12 bits per heavy atom. The first-order valence-corrected chi connectivity index (χ1v) is 6.11. The van der Waals surface area contributed by atoms with Gasteiger partial charge in [-0.3, -0.25) is 0 Å². The van der Waals surface area contributed by atoms with Gasteiger partial charge in [0, 0.05) is 24.2 Å². The zero-order valence-corrected chi connectivity index (χ0v) is 11.2. The van der Waals surface area contributed by atoms with E-state index in [4.69, 9.17) is 21.1 Å². The van der Waals surface area contributed by atoms with Crippen LogP contribution in [0.2, 0.25) is 0 Å². The SMILES string of the molecule is CCOC(=O)c1[nH]c(C)c(CCCl)c1COC. The van der Waals surface area contributed by atoms with Crippen LogP contribution in [0.25, 0.3) is 0 Å². The summed E-state index contributed by atoms with van der Waals surface area (Å²) in [7, 11) is 1.60. The van der Waals surface area contributed by atoms with Crippen LogP contribution in [0.1, 0.15) is 34.2 Å². The molecule has 0 fully saturated rings. The molecule has 0 aliphatic rings. The van der Waals surface area contributed by atoms with Crippen LogP contribution in [0.3, 0.4) is 0 Å². The van der Waals surface area contributed by atoms with Gasteiger partial charge in [-0.05, 0) is 25.8 Å². The van der Waals surface area contributed by atoms with Gasteiger partial charge in [-0.2, -0.15) is 0 Å². The maximum absolute atomic E-state index is 11.8. The second kappa shape index (κ2) is 6.67. The van der Waals surface area contributed by atoms with E-state index in [0.29, 0.717) is 31.2 Å². The van der Waals surface area contributed by atoms with E-state index in [1.54, 1.807) is 14.0 Å². The van der Waals surface area contributed by atoms with Crippen molar-refractivity contribution >= 4 is 17.6 Å². The van der Waals surface area contributed by atoms with Crippen LogP contribution in [0.15, 0.2) is 0 Å². The molecule has 0 amide bonds. The Labute approximate surface area is 106 Å². The number of aromatic amines is 1. The smallest absolute Gasteiger partial charge is 0.355 e. The number of alkyl halides is 1. The molecule has 0 aliphatic carbocycles. The number of rotatable bonds is 6. The largest absolute Gasteiger partial charge is 0.461 e. The quantitative estimate of drug-likeness (QED) is 0.631. The number of carbonyl (C=O) groups is 1. The Bertz CT molecular complexity index is 387. The molecule has 1 aromatic rings. The Balaban J connectivity index is 3.11. The first kappa shape index (κ1) is 14.1. The molecule has 0 saturated heterocycles. The van der Waals surface area contributed by atoms with Gasteiger partial charge in [0.2, 0.25) is 0 Å². The summed E-state index contributed by atoms with van der Waals surface area (Å²) in [5.41, 5.74) is 3.32. The minimum atomic E-state index is -0.344. The Morgan fingerprint density at radius 1 is 1.41 bits per heavy atom. The first-order chi connectivity index (χ1) is 8.15. The average molecular weight is 260 g/mol. The molecule has 4 nitrogen and oxygen atoms in total. The number of aryl methyl sites for hydroxylation is 1. The topological polar surface area (TPSA) is 51.3 Å². The lowest BCUT2D eigenvalue weighted by Gasteiger charge is -2.05. The second-order valence-corrected chi connectivity index (χ2v) is 4.05. The molecule has 1 aromatic heterocycles. The number of methoxy groups -OCH3 is 1. The molecule has 0 spiro atoms. The first-order valence-electron chi connectivity index (χ1n) is 5.58. The Hall–Kier alpha value is -1.00. The van der Waals surface area contributed by atoms with Gasteiger partial charge in [-0.25, -0.2) is 4.79 Å². The van der Waals surface area contributed by atoms with Gasteiger partial charge >= 0.3 is 5.97 Å². The molecule has 0 aliphatic heterocycles. The number of carbonyl (C=O) groups excluding carboxylic acids is 1. The third-order valence-electron chi connectivity index (χ3n) is 2.54. The second-order valence-electron chi connectivity index (χ2n) is 3.67. The summed E-state index contributed by atoms with van der Waals surface area (Å²) in [4.78, 5) is 14.8. The van der Waals surface area contributed by atoms with Gasteiger partial charge in [0.05, 0.1) is 13.2 Å². The summed E-state index contributed by atoms with van der Waals surface area (Å²) in [6.07, 6.45) is 0.710. The average Bonchev–Trinajstić information content (AvgIpc) is 2.59. The summed E-state index contributed by atoms with van der Waals surface area (Å²) in [5, 5.41) is 0. The minimum Gasteiger partial charge on any atom is -0.461 e. The monoisotopic (exact) mass is 259 g/mol. The number of esters is 1. The lowest BCUT2D eigenvalue weighted by Crippen LogP contribution is -2.09. The van der Waals surface area contributed by atoms with E-state index in [9.17, 15) is 4.79 Å². The number of hydrogen-bond donors (Lipinski definition) is 1. The Morgan fingerprint density at radius 3 is 2.65 bits per heavy atom. The van der Waals surface area contributed by atoms with E-state index in [0.717, 1.165) is 16.8 Å². The van der Waals surface area contributed by atoms with Gasteiger partial charge in [-0.15, -0.1) is 11.6 Å². The van der Waals surface area contributed by atoms with E-state index in [-0.39, 0.29) is 5.97 Å². The van der Waals surface area contributed by atoms with Gasteiger partial charge in [-0.1, -0.05) is 0 Å².